The van der Waals surface area contributed by atoms with Gasteiger partial charge in [-0.25, -0.2) is 0 Å². The Bertz CT molecular complexity index is 395. The molecule has 0 saturated carbocycles. The summed E-state index contributed by atoms with van der Waals surface area (Å²) in [5, 5.41) is 9.35. The second-order valence-corrected chi connectivity index (χ2v) is 5.53. The molecule has 1 fully saturated rings. The van der Waals surface area contributed by atoms with E-state index in [1.54, 1.807) is 0 Å². The molecule has 0 aromatic heterocycles. The molecule has 4 heteroatoms. The minimum absolute atomic E-state index is 0.0487. The molecule has 0 aliphatic carbocycles. The van der Waals surface area contributed by atoms with E-state index in [2.05, 4.69) is 39.0 Å². The van der Waals surface area contributed by atoms with Crippen molar-refractivity contribution in [2.45, 2.75) is 31.8 Å². The Morgan fingerprint density at radius 1 is 1.59 bits per heavy atom. The van der Waals surface area contributed by atoms with E-state index < -0.39 is 0 Å². The lowest BCUT2D eigenvalue weighted by Gasteiger charge is -2.27. The summed E-state index contributed by atoms with van der Waals surface area (Å²) in [5.74, 6) is 0. The first-order chi connectivity index (χ1) is 8.13. The molecule has 2 rings (SSSR count). The van der Waals surface area contributed by atoms with Gasteiger partial charge in [-0.2, -0.15) is 0 Å². The Morgan fingerprint density at radius 2 is 2.35 bits per heavy atom. The van der Waals surface area contributed by atoms with Crippen molar-refractivity contribution in [1.82, 2.24) is 0 Å². The maximum absolute atomic E-state index is 9.35. The SMILES string of the molecule is C[C@H](N)c1ccc(N2CCCC2CO)c(Br)c1. The highest BCUT2D eigenvalue weighted by Crippen LogP contribution is 2.33. The van der Waals surface area contributed by atoms with Crippen molar-refractivity contribution in [3.63, 3.8) is 0 Å². The van der Waals surface area contributed by atoms with Gasteiger partial charge in [0.05, 0.1) is 18.3 Å². The summed E-state index contributed by atoms with van der Waals surface area (Å²) in [6.45, 7) is 3.22. The third-order valence-electron chi connectivity index (χ3n) is 3.39. The zero-order valence-corrected chi connectivity index (χ0v) is 11.7. The fourth-order valence-corrected chi connectivity index (χ4v) is 3.01. The van der Waals surface area contributed by atoms with Gasteiger partial charge in [0.25, 0.3) is 0 Å². The van der Waals surface area contributed by atoms with Gasteiger partial charge in [-0.15, -0.1) is 0 Å². The third-order valence-corrected chi connectivity index (χ3v) is 4.03. The van der Waals surface area contributed by atoms with Gasteiger partial charge in [0.15, 0.2) is 0 Å². The average Bonchev–Trinajstić information content (AvgIpc) is 2.76. The van der Waals surface area contributed by atoms with Gasteiger partial charge < -0.3 is 15.7 Å². The second kappa shape index (κ2) is 5.38. The highest BCUT2D eigenvalue weighted by atomic mass is 79.9. The fourth-order valence-electron chi connectivity index (χ4n) is 2.38. The third kappa shape index (κ3) is 2.64. The van der Waals surface area contributed by atoms with Crippen LogP contribution in [0.25, 0.3) is 0 Å². The largest absolute Gasteiger partial charge is 0.394 e. The summed E-state index contributed by atoms with van der Waals surface area (Å²) >= 11 is 3.60. The van der Waals surface area contributed by atoms with Crippen LogP contribution in [0.4, 0.5) is 5.69 Å². The van der Waals surface area contributed by atoms with Crippen LogP contribution in [0.5, 0.6) is 0 Å². The number of anilines is 1. The predicted molar refractivity (Wildman–Crippen MR) is 74.2 cm³/mol. The molecule has 17 heavy (non-hydrogen) atoms. The van der Waals surface area contributed by atoms with Crippen molar-refractivity contribution in [1.29, 1.82) is 0 Å². The van der Waals surface area contributed by atoms with Crippen molar-refractivity contribution in [2.75, 3.05) is 18.1 Å². The van der Waals surface area contributed by atoms with E-state index in [4.69, 9.17) is 5.73 Å². The summed E-state index contributed by atoms with van der Waals surface area (Å²) in [7, 11) is 0. The van der Waals surface area contributed by atoms with Crippen LogP contribution in [0.15, 0.2) is 22.7 Å². The lowest BCUT2D eigenvalue weighted by molar-refractivity contribution is 0.266. The summed E-state index contributed by atoms with van der Waals surface area (Å²) in [6, 6.07) is 6.54. The number of benzene rings is 1. The first kappa shape index (κ1) is 12.9. The molecule has 1 aliphatic heterocycles. The van der Waals surface area contributed by atoms with Crippen LogP contribution >= 0.6 is 15.9 Å². The molecular weight excluding hydrogens is 280 g/mol. The molecule has 0 spiro atoms. The van der Waals surface area contributed by atoms with Crippen molar-refractivity contribution in [3.8, 4) is 0 Å². The molecule has 1 aliphatic rings. The zero-order valence-electron chi connectivity index (χ0n) is 10.1. The van der Waals surface area contributed by atoms with E-state index in [0.717, 1.165) is 35.1 Å². The minimum Gasteiger partial charge on any atom is -0.394 e. The Kier molecular flexibility index (Phi) is 4.07. The van der Waals surface area contributed by atoms with Crippen LogP contribution in [0.2, 0.25) is 0 Å². The number of halogens is 1. The van der Waals surface area contributed by atoms with E-state index in [0.29, 0.717) is 0 Å². The fraction of sp³-hybridized carbons (Fsp3) is 0.538. The summed E-state index contributed by atoms with van der Waals surface area (Å²) in [6.07, 6.45) is 2.21. The number of hydrogen-bond acceptors (Lipinski definition) is 3. The summed E-state index contributed by atoms with van der Waals surface area (Å²) < 4.78 is 1.06. The first-order valence-corrected chi connectivity index (χ1v) is 6.85. The van der Waals surface area contributed by atoms with Crippen LogP contribution in [0.1, 0.15) is 31.4 Å². The number of nitrogens with two attached hydrogens (primary N) is 1. The van der Waals surface area contributed by atoms with Crippen molar-refractivity contribution >= 4 is 21.6 Å². The number of rotatable bonds is 3. The van der Waals surface area contributed by atoms with Gasteiger partial charge in [0.1, 0.15) is 0 Å². The molecule has 1 aromatic rings. The molecule has 94 valence electrons. The molecule has 1 unspecified atom stereocenters. The molecular formula is C13H19BrN2O. The maximum Gasteiger partial charge on any atom is 0.0635 e. The van der Waals surface area contributed by atoms with Crippen molar-refractivity contribution < 1.29 is 5.11 Å². The maximum atomic E-state index is 9.35. The van der Waals surface area contributed by atoms with Crippen molar-refractivity contribution in [3.05, 3.63) is 28.2 Å². The molecule has 1 saturated heterocycles. The van der Waals surface area contributed by atoms with E-state index in [-0.39, 0.29) is 18.7 Å². The van der Waals surface area contributed by atoms with Crippen LogP contribution in [0, 0.1) is 0 Å². The van der Waals surface area contributed by atoms with Gasteiger partial charge in [-0.1, -0.05) is 6.07 Å². The number of nitrogens with zero attached hydrogens (tertiary/aromatic N) is 1. The molecule has 0 amide bonds. The standard InChI is InChI=1S/C13H19BrN2O/c1-9(15)10-4-5-13(12(14)7-10)16-6-2-3-11(16)8-17/h4-5,7,9,11,17H,2-3,6,8,15H2,1H3/t9-,11?/m0/s1. The van der Waals surface area contributed by atoms with Crippen molar-refractivity contribution in [2.24, 2.45) is 5.73 Å². The van der Waals surface area contributed by atoms with E-state index in [1.807, 2.05) is 6.92 Å². The van der Waals surface area contributed by atoms with Gasteiger partial charge in [0, 0.05) is 17.1 Å². The molecule has 3 nitrogen and oxygen atoms in total. The molecule has 0 radical (unpaired) electrons. The monoisotopic (exact) mass is 298 g/mol. The zero-order chi connectivity index (χ0) is 12.4. The van der Waals surface area contributed by atoms with E-state index in [9.17, 15) is 5.11 Å². The van der Waals surface area contributed by atoms with Gasteiger partial charge in [-0.05, 0) is 53.4 Å². The Labute approximate surface area is 111 Å². The molecule has 2 atom stereocenters. The molecule has 1 heterocycles. The number of hydrogen-bond donors (Lipinski definition) is 2. The Hall–Kier alpha value is -0.580. The molecule has 1 aromatic carbocycles. The van der Waals surface area contributed by atoms with Gasteiger partial charge >= 0.3 is 0 Å². The summed E-state index contributed by atoms with van der Waals surface area (Å²) in [4.78, 5) is 2.27. The Balaban J connectivity index is 2.27. The van der Waals surface area contributed by atoms with Gasteiger partial charge in [0.2, 0.25) is 0 Å². The number of aliphatic hydroxyl groups excluding tert-OH is 1. The smallest absolute Gasteiger partial charge is 0.0635 e. The van der Waals surface area contributed by atoms with Crippen LogP contribution in [-0.4, -0.2) is 24.3 Å². The predicted octanol–water partition coefficient (Wildman–Crippen LogP) is 2.43. The highest BCUT2D eigenvalue weighted by molar-refractivity contribution is 9.10. The second-order valence-electron chi connectivity index (χ2n) is 4.67. The highest BCUT2D eigenvalue weighted by Gasteiger charge is 2.25. The first-order valence-electron chi connectivity index (χ1n) is 6.06. The lowest BCUT2D eigenvalue weighted by Crippen LogP contribution is -2.32. The van der Waals surface area contributed by atoms with Crippen LogP contribution in [0.3, 0.4) is 0 Å². The Morgan fingerprint density at radius 3 is 2.94 bits per heavy atom. The topological polar surface area (TPSA) is 49.5 Å². The molecule has 3 N–H and O–H groups in total. The van der Waals surface area contributed by atoms with E-state index >= 15 is 0 Å². The quantitative estimate of drug-likeness (QED) is 0.901. The summed E-state index contributed by atoms with van der Waals surface area (Å²) in [5.41, 5.74) is 8.15. The van der Waals surface area contributed by atoms with Crippen LogP contribution in [-0.2, 0) is 0 Å². The lowest BCUT2D eigenvalue weighted by atomic mass is 10.1. The van der Waals surface area contributed by atoms with Gasteiger partial charge in [-0.3, -0.25) is 0 Å². The minimum atomic E-state index is 0.0487. The normalized spacial score (nSPS) is 21.9. The number of aliphatic hydroxyl groups is 1. The molecule has 0 bridgehead atoms. The van der Waals surface area contributed by atoms with E-state index in [1.165, 1.54) is 0 Å². The average molecular weight is 299 g/mol. The van der Waals surface area contributed by atoms with Crippen LogP contribution < -0.4 is 10.6 Å².